The van der Waals surface area contributed by atoms with Crippen LogP contribution >= 0.6 is 23.2 Å². The molecule has 0 aromatic heterocycles. The largest absolute Gasteiger partial charge is 0.489 e. The zero-order chi connectivity index (χ0) is 26.9. The summed E-state index contributed by atoms with van der Waals surface area (Å²) in [4.78, 5) is -0.299. The normalized spacial score (nSPS) is 20.8. The van der Waals surface area contributed by atoms with Crippen molar-refractivity contribution in [3.8, 4) is 17.6 Å². The number of hydrogen-bond donors (Lipinski definition) is 2. The third kappa shape index (κ3) is 6.13. The number of halogens is 6. The molecule has 2 aromatic rings. The van der Waals surface area contributed by atoms with Crippen LogP contribution in [0.4, 0.5) is 17.6 Å². The number of rotatable bonds is 8. The van der Waals surface area contributed by atoms with E-state index in [9.17, 15) is 36.2 Å². The van der Waals surface area contributed by atoms with Crippen molar-refractivity contribution in [2.75, 3.05) is 32.9 Å². The van der Waals surface area contributed by atoms with Crippen LogP contribution in [0.3, 0.4) is 0 Å². The summed E-state index contributed by atoms with van der Waals surface area (Å²) < 4.78 is 89.0. The molecule has 2 atom stereocenters. The number of nitriles is 1. The van der Waals surface area contributed by atoms with Gasteiger partial charge in [-0.1, -0.05) is 23.2 Å². The van der Waals surface area contributed by atoms with Crippen molar-refractivity contribution in [3.63, 3.8) is 0 Å². The van der Waals surface area contributed by atoms with Crippen LogP contribution in [-0.2, 0) is 10.0 Å². The number of β-amino-alcohol motifs (C(OH)–C–C–N with tert-alkyl or cyclic N) is 1. The zero-order valence-corrected chi connectivity index (χ0v) is 20.4. The van der Waals surface area contributed by atoms with Crippen LogP contribution in [0.1, 0.15) is 5.56 Å². The summed E-state index contributed by atoms with van der Waals surface area (Å²) in [6.07, 6.45) is -4.74. The van der Waals surface area contributed by atoms with Crippen LogP contribution in [0.5, 0.6) is 11.5 Å². The van der Waals surface area contributed by atoms with Gasteiger partial charge in [-0.3, -0.25) is 0 Å². The minimum absolute atomic E-state index is 0.172. The average molecular weight is 573 g/mol. The molecule has 0 amide bonds. The summed E-state index contributed by atoms with van der Waals surface area (Å²) in [7, 11) is -4.26. The lowest BCUT2D eigenvalue weighted by Crippen LogP contribution is -2.44. The van der Waals surface area contributed by atoms with Gasteiger partial charge in [0, 0.05) is 36.2 Å². The summed E-state index contributed by atoms with van der Waals surface area (Å²) in [6.45, 7) is -4.13. The lowest BCUT2D eigenvalue weighted by atomic mass is 9.92. The number of aliphatic hydroxyl groups excluding tert-OH is 1. The van der Waals surface area contributed by atoms with Gasteiger partial charge in [-0.15, -0.1) is 0 Å². The molecule has 1 unspecified atom stereocenters. The molecule has 3 rings (SSSR count). The Kier molecular flexibility index (Phi) is 8.29. The maximum absolute atomic E-state index is 14.1. The third-order valence-electron chi connectivity index (χ3n) is 5.40. The van der Waals surface area contributed by atoms with Gasteiger partial charge in [0.1, 0.15) is 22.4 Å². The van der Waals surface area contributed by atoms with E-state index in [2.05, 4.69) is 4.74 Å². The van der Waals surface area contributed by atoms with E-state index < -0.39 is 77.0 Å². The van der Waals surface area contributed by atoms with Gasteiger partial charge in [0.05, 0.1) is 23.8 Å². The molecular formula is C21H18Cl2F4N2O6S. The van der Waals surface area contributed by atoms with Crippen LogP contribution in [0.2, 0.25) is 10.0 Å². The molecule has 0 saturated carbocycles. The smallest absolute Gasteiger partial charge is 0.422 e. The topological polar surface area (TPSA) is 120 Å². The Hall–Kier alpha value is -2.34. The van der Waals surface area contributed by atoms with Crippen molar-refractivity contribution in [3.05, 3.63) is 51.8 Å². The standard InChI is InChI=1S/C21H18Cl2F4N2O6S/c22-14-1-2-19(15(23)4-14)36(32,33)29-7-13(20(31,9-29)10-30)8-34-18-5-16(24)12(6-28)3-17(18)35-11-21(25,26)27/h1-5,13,30-31H,7-11H2/t13?,20-/m1/s1. The van der Waals surface area contributed by atoms with Gasteiger partial charge >= 0.3 is 6.18 Å². The van der Waals surface area contributed by atoms with Crippen molar-refractivity contribution in [1.82, 2.24) is 4.31 Å². The Morgan fingerprint density at radius 3 is 2.44 bits per heavy atom. The summed E-state index contributed by atoms with van der Waals surface area (Å²) in [5.74, 6) is -3.30. The maximum Gasteiger partial charge on any atom is 0.422 e. The monoisotopic (exact) mass is 572 g/mol. The van der Waals surface area contributed by atoms with Crippen LogP contribution < -0.4 is 9.47 Å². The Morgan fingerprint density at radius 2 is 1.86 bits per heavy atom. The summed E-state index contributed by atoms with van der Waals surface area (Å²) in [5, 5.41) is 29.6. The Labute approximate surface area is 213 Å². The fraction of sp³-hybridized carbons (Fsp3) is 0.381. The highest BCUT2D eigenvalue weighted by Crippen LogP contribution is 2.37. The second-order valence-electron chi connectivity index (χ2n) is 7.94. The highest BCUT2D eigenvalue weighted by molar-refractivity contribution is 7.89. The van der Waals surface area contributed by atoms with E-state index in [0.29, 0.717) is 6.07 Å². The molecule has 1 aliphatic heterocycles. The van der Waals surface area contributed by atoms with E-state index in [1.165, 1.54) is 24.3 Å². The molecule has 1 heterocycles. The number of sulfonamides is 1. The van der Waals surface area contributed by atoms with Crippen molar-refractivity contribution in [2.24, 2.45) is 5.92 Å². The van der Waals surface area contributed by atoms with E-state index in [1.54, 1.807) is 0 Å². The number of nitrogens with zero attached hydrogens (tertiary/aromatic N) is 2. The van der Waals surface area contributed by atoms with E-state index in [4.69, 9.17) is 33.2 Å². The van der Waals surface area contributed by atoms with Crippen molar-refractivity contribution < 1.29 is 45.7 Å². The molecule has 0 bridgehead atoms. The van der Waals surface area contributed by atoms with Gasteiger partial charge in [0.15, 0.2) is 18.1 Å². The van der Waals surface area contributed by atoms with Crippen LogP contribution in [0.15, 0.2) is 35.2 Å². The van der Waals surface area contributed by atoms with Crippen LogP contribution in [0, 0.1) is 23.1 Å². The lowest BCUT2D eigenvalue weighted by Gasteiger charge is -2.27. The first-order valence-electron chi connectivity index (χ1n) is 10.0. The second kappa shape index (κ2) is 10.6. The van der Waals surface area contributed by atoms with E-state index in [0.717, 1.165) is 10.4 Å². The fourth-order valence-corrected chi connectivity index (χ4v) is 5.80. The highest BCUT2D eigenvalue weighted by Gasteiger charge is 2.49. The first-order chi connectivity index (χ1) is 16.7. The number of ether oxygens (including phenoxy) is 2. The number of alkyl halides is 3. The highest BCUT2D eigenvalue weighted by atomic mass is 35.5. The van der Waals surface area contributed by atoms with Gasteiger partial charge < -0.3 is 19.7 Å². The molecule has 8 nitrogen and oxygen atoms in total. The first kappa shape index (κ1) is 28.2. The molecule has 15 heteroatoms. The third-order valence-corrected chi connectivity index (χ3v) is 7.93. The molecule has 1 saturated heterocycles. The van der Waals surface area contributed by atoms with E-state index in [-0.39, 0.29) is 21.5 Å². The molecule has 1 aliphatic rings. The molecule has 1 fully saturated rings. The van der Waals surface area contributed by atoms with Crippen LogP contribution in [0.25, 0.3) is 0 Å². The summed E-state index contributed by atoms with van der Waals surface area (Å²) >= 11 is 11.8. The summed E-state index contributed by atoms with van der Waals surface area (Å²) in [5.41, 5.74) is -2.60. The molecule has 2 aromatic carbocycles. The lowest BCUT2D eigenvalue weighted by molar-refractivity contribution is -0.153. The minimum Gasteiger partial charge on any atom is -0.489 e. The molecule has 196 valence electrons. The number of hydrogen-bond acceptors (Lipinski definition) is 7. The predicted molar refractivity (Wildman–Crippen MR) is 119 cm³/mol. The van der Waals surface area contributed by atoms with Gasteiger partial charge in [-0.2, -0.15) is 22.7 Å². The van der Waals surface area contributed by atoms with Crippen LogP contribution in [-0.4, -0.2) is 67.6 Å². The fourth-order valence-electron chi connectivity index (χ4n) is 3.50. The van der Waals surface area contributed by atoms with Gasteiger partial charge in [-0.05, 0) is 18.2 Å². The second-order valence-corrected chi connectivity index (χ2v) is 10.7. The van der Waals surface area contributed by atoms with E-state index in [1.807, 2.05) is 0 Å². The van der Waals surface area contributed by atoms with Crippen molar-refractivity contribution >= 4 is 33.2 Å². The van der Waals surface area contributed by atoms with Gasteiger partial charge in [-0.25, -0.2) is 12.8 Å². The molecule has 0 radical (unpaired) electrons. The number of aliphatic hydroxyl groups is 2. The van der Waals surface area contributed by atoms with Gasteiger partial charge in [0.2, 0.25) is 10.0 Å². The molecular weight excluding hydrogens is 555 g/mol. The number of benzene rings is 2. The predicted octanol–water partition coefficient (Wildman–Crippen LogP) is 3.37. The average Bonchev–Trinajstić information content (AvgIpc) is 3.14. The SMILES string of the molecule is N#Cc1cc(OCC(F)(F)F)c(OCC2CN(S(=O)(=O)c3ccc(Cl)cc3Cl)C[C@@]2(O)CO)cc1F. The zero-order valence-electron chi connectivity index (χ0n) is 18.1. The molecule has 36 heavy (non-hydrogen) atoms. The van der Waals surface area contributed by atoms with Gasteiger partial charge in [0.25, 0.3) is 0 Å². The Balaban J connectivity index is 1.85. The quantitative estimate of drug-likeness (QED) is 0.465. The first-order valence-corrected chi connectivity index (χ1v) is 12.2. The minimum atomic E-state index is -4.74. The Morgan fingerprint density at radius 1 is 1.19 bits per heavy atom. The molecule has 2 N–H and O–H groups in total. The molecule has 0 spiro atoms. The molecule has 0 aliphatic carbocycles. The summed E-state index contributed by atoms with van der Waals surface area (Å²) in [6, 6.07) is 6.52. The maximum atomic E-state index is 14.1. The van der Waals surface area contributed by atoms with E-state index >= 15 is 0 Å². The van der Waals surface area contributed by atoms with Crippen molar-refractivity contribution in [2.45, 2.75) is 16.7 Å². The Bertz CT molecular complexity index is 1290. The van der Waals surface area contributed by atoms with Crippen molar-refractivity contribution in [1.29, 1.82) is 5.26 Å².